The fourth-order valence-corrected chi connectivity index (χ4v) is 9.35. The normalized spacial score (nSPS) is 52.3. The maximum absolute atomic E-state index is 12.4. The largest absolute Gasteiger partial charge is 1.00 e. The SMILES string of the molecule is CC(=O)C1CCC2C3CCC4C[C@H](O[C@@H]5OC(C(=O)[O-])[C@@H](O)[C@H](O)[C@H]5O)CCC4(C)C3CCC12C.[Na+]. The first-order valence-electron chi connectivity index (χ1n) is 13.5. The third-order valence-electron chi connectivity index (χ3n) is 11.2. The van der Waals surface area contributed by atoms with Gasteiger partial charge in [0.25, 0.3) is 0 Å². The summed E-state index contributed by atoms with van der Waals surface area (Å²) in [5, 5.41) is 41.7. The molecule has 5 rings (SSSR count). The van der Waals surface area contributed by atoms with Crippen LogP contribution in [0.25, 0.3) is 0 Å². The van der Waals surface area contributed by atoms with Crippen molar-refractivity contribution in [2.24, 2.45) is 40.4 Å². The van der Waals surface area contributed by atoms with Crippen molar-refractivity contribution in [2.75, 3.05) is 0 Å². The van der Waals surface area contributed by atoms with Gasteiger partial charge in [-0.25, -0.2) is 0 Å². The molecule has 3 N–H and O–H groups in total. The van der Waals surface area contributed by atoms with Crippen LogP contribution < -0.4 is 34.7 Å². The molecule has 1 heterocycles. The Morgan fingerprint density at radius 3 is 2.22 bits per heavy atom. The number of fused-ring (bicyclic) bond motifs is 5. The van der Waals surface area contributed by atoms with Gasteiger partial charge in [-0.15, -0.1) is 0 Å². The standard InChI is InChI=1S/C27H42O8.Na/c1-13(28)17-6-7-18-16-5-4-14-12-15(8-10-26(14,2)19(16)9-11-27(17,18)3)34-25-22(31)20(29)21(30)23(35-25)24(32)33;/h14-23,25,29-31H,4-12H2,1-3H3,(H,32,33);/q;+1/p-1/t14?,15-,16?,17?,18?,19?,20+,21+,22-,23?,25-,26?,27?;/m1./s1. The van der Waals surface area contributed by atoms with E-state index in [0.717, 1.165) is 38.5 Å². The minimum Gasteiger partial charge on any atom is -0.547 e. The average Bonchev–Trinajstić information content (AvgIpc) is 3.17. The van der Waals surface area contributed by atoms with E-state index in [2.05, 4.69) is 13.8 Å². The maximum Gasteiger partial charge on any atom is 1.00 e. The van der Waals surface area contributed by atoms with Crippen LogP contribution in [-0.4, -0.2) is 63.9 Å². The van der Waals surface area contributed by atoms with Gasteiger partial charge in [-0.3, -0.25) is 4.79 Å². The van der Waals surface area contributed by atoms with Crippen LogP contribution in [0.3, 0.4) is 0 Å². The number of ether oxygens (including phenoxy) is 2. The molecule has 0 aromatic carbocycles. The molecule has 1 aliphatic heterocycles. The molecule has 8 nitrogen and oxygen atoms in total. The molecule has 0 bridgehead atoms. The van der Waals surface area contributed by atoms with Crippen LogP contribution in [0.2, 0.25) is 0 Å². The van der Waals surface area contributed by atoms with E-state index in [1.165, 1.54) is 19.3 Å². The maximum atomic E-state index is 12.4. The van der Waals surface area contributed by atoms with E-state index in [0.29, 0.717) is 29.5 Å². The number of carbonyl (C=O) groups excluding carboxylic acids is 2. The van der Waals surface area contributed by atoms with Crippen LogP contribution in [-0.2, 0) is 19.1 Å². The number of ketones is 1. The monoisotopic (exact) mass is 516 g/mol. The molecule has 13 atom stereocenters. The second-order valence-corrected chi connectivity index (χ2v) is 12.7. The van der Waals surface area contributed by atoms with E-state index in [-0.39, 0.29) is 52.4 Å². The van der Waals surface area contributed by atoms with Crippen molar-refractivity contribution in [3.05, 3.63) is 0 Å². The Morgan fingerprint density at radius 1 is 0.889 bits per heavy atom. The predicted octanol–water partition coefficient (Wildman–Crippen LogP) is -1.82. The van der Waals surface area contributed by atoms with Gasteiger partial charge in [-0.2, -0.15) is 0 Å². The third-order valence-corrected chi connectivity index (χ3v) is 11.2. The summed E-state index contributed by atoms with van der Waals surface area (Å²) in [7, 11) is 0. The molecule has 0 amide bonds. The molecule has 5 fully saturated rings. The minimum atomic E-state index is -1.77. The van der Waals surface area contributed by atoms with Gasteiger partial charge in [0.05, 0.1) is 12.1 Å². The Balaban J connectivity index is 0.00000304. The van der Waals surface area contributed by atoms with Gasteiger partial charge in [0.1, 0.15) is 30.2 Å². The summed E-state index contributed by atoms with van der Waals surface area (Å²) in [6.45, 7) is 6.57. The van der Waals surface area contributed by atoms with Crippen LogP contribution in [0, 0.1) is 40.4 Å². The Kier molecular flexibility index (Phi) is 8.43. The molecule has 0 aromatic rings. The zero-order valence-electron chi connectivity index (χ0n) is 22.1. The molecular formula is C27H41NaO8. The summed E-state index contributed by atoms with van der Waals surface area (Å²) in [4.78, 5) is 23.7. The Hall–Kier alpha value is -0.0600. The molecule has 0 spiro atoms. The number of aliphatic hydroxyl groups excluding tert-OH is 3. The van der Waals surface area contributed by atoms with E-state index in [4.69, 9.17) is 9.47 Å². The van der Waals surface area contributed by atoms with Crippen LogP contribution in [0.15, 0.2) is 0 Å². The molecule has 8 unspecified atom stereocenters. The Morgan fingerprint density at radius 2 is 1.56 bits per heavy atom. The Labute approximate surface area is 235 Å². The summed E-state index contributed by atoms with van der Waals surface area (Å²) in [5.74, 6) is 1.32. The van der Waals surface area contributed by atoms with Gasteiger partial charge in [-0.1, -0.05) is 13.8 Å². The molecular weight excluding hydrogens is 475 g/mol. The number of rotatable bonds is 4. The molecule has 5 aliphatic rings. The molecule has 4 saturated carbocycles. The van der Waals surface area contributed by atoms with Crippen molar-refractivity contribution in [1.29, 1.82) is 0 Å². The molecule has 4 aliphatic carbocycles. The van der Waals surface area contributed by atoms with Crippen LogP contribution in [0.1, 0.15) is 78.6 Å². The summed E-state index contributed by atoms with van der Waals surface area (Å²) >= 11 is 0. The van der Waals surface area contributed by atoms with Gasteiger partial charge >= 0.3 is 29.6 Å². The summed E-state index contributed by atoms with van der Waals surface area (Å²) in [6, 6.07) is 0. The summed E-state index contributed by atoms with van der Waals surface area (Å²) < 4.78 is 11.3. The number of aliphatic carboxylic acids is 1. The quantitative estimate of drug-likeness (QED) is 0.294. The number of hydrogen-bond donors (Lipinski definition) is 3. The van der Waals surface area contributed by atoms with Crippen molar-refractivity contribution in [1.82, 2.24) is 0 Å². The van der Waals surface area contributed by atoms with Gasteiger partial charge in [0, 0.05) is 5.92 Å². The number of Topliss-reactive ketones (excluding diaryl/α,β-unsaturated/α-hetero) is 1. The number of carboxylic acids is 1. The Bertz CT molecular complexity index is 854. The average molecular weight is 517 g/mol. The number of aliphatic hydroxyl groups is 3. The van der Waals surface area contributed by atoms with Crippen LogP contribution >= 0.6 is 0 Å². The van der Waals surface area contributed by atoms with Gasteiger partial charge in [0.2, 0.25) is 0 Å². The van der Waals surface area contributed by atoms with E-state index >= 15 is 0 Å². The first-order chi connectivity index (χ1) is 16.5. The topological polar surface area (TPSA) is 136 Å². The fourth-order valence-electron chi connectivity index (χ4n) is 9.35. The number of hydrogen-bond acceptors (Lipinski definition) is 8. The van der Waals surface area contributed by atoms with Gasteiger partial charge < -0.3 is 34.7 Å². The molecule has 9 heteroatoms. The van der Waals surface area contributed by atoms with Gasteiger partial charge in [0.15, 0.2) is 6.29 Å². The van der Waals surface area contributed by atoms with Crippen molar-refractivity contribution < 1.29 is 69.0 Å². The van der Waals surface area contributed by atoms with Crippen molar-refractivity contribution >= 4 is 11.8 Å². The summed E-state index contributed by atoms with van der Waals surface area (Å²) in [6.07, 6.45) is 1.08. The van der Waals surface area contributed by atoms with E-state index in [1.807, 2.05) is 0 Å². The van der Waals surface area contributed by atoms with E-state index in [9.17, 15) is 30.0 Å². The first-order valence-corrected chi connectivity index (χ1v) is 13.5. The predicted molar refractivity (Wildman–Crippen MR) is 122 cm³/mol. The first kappa shape index (κ1) is 28.9. The van der Waals surface area contributed by atoms with Crippen LogP contribution in [0.5, 0.6) is 0 Å². The fraction of sp³-hybridized carbons (Fsp3) is 0.926. The zero-order valence-corrected chi connectivity index (χ0v) is 24.1. The van der Waals surface area contributed by atoms with E-state index < -0.39 is 36.7 Å². The van der Waals surface area contributed by atoms with E-state index in [1.54, 1.807) is 6.92 Å². The molecule has 1 saturated heterocycles. The molecule has 198 valence electrons. The summed E-state index contributed by atoms with van der Waals surface area (Å²) in [5.41, 5.74) is 0.347. The number of carboxylic acid groups (broad SMARTS) is 1. The molecule has 0 aromatic heterocycles. The van der Waals surface area contributed by atoms with Gasteiger partial charge in [-0.05, 0) is 99.2 Å². The second-order valence-electron chi connectivity index (χ2n) is 12.7. The second kappa shape index (κ2) is 10.5. The zero-order chi connectivity index (χ0) is 25.3. The molecule has 36 heavy (non-hydrogen) atoms. The minimum absolute atomic E-state index is 0. The van der Waals surface area contributed by atoms with Crippen molar-refractivity contribution in [3.8, 4) is 0 Å². The molecule has 0 radical (unpaired) electrons. The van der Waals surface area contributed by atoms with Crippen molar-refractivity contribution in [2.45, 2.75) is 115 Å². The smallest absolute Gasteiger partial charge is 0.547 e. The number of carbonyl (C=O) groups is 2. The van der Waals surface area contributed by atoms with Crippen LogP contribution in [0.4, 0.5) is 0 Å². The third kappa shape index (κ3) is 4.55. The van der Waals surface area contributed by atoms with Crippen molar-refractivity contribution in [3.63, 3.8) is 0 Å².